The van der Waals surface area contributed by atoms with Crippen LogP contribution in [0.5, 0.6) is 23.0 Å². The third-order valence-corrected chi connectivity index (χ3v) is 3.67. The molecule has 2 rings (SSSR count). The number of ether oxygens (including phenoxy) is 4. The largest absolute Gasteiger partial charge is 0.497 e. The van der Waals surface area contributed by atoms with E-state index in [1.165, 1.54) is 28.4 Å². The van der Waals surface area contributed by atoms with Crippen LogP contribution in [0, 0.1) is 0 Å². The number of rotatable bonds is 6. The molecule has 24 heavy (non-hydrogen) atoms. The maximum absolute atomic E-state index is 12.6. The average Bonchev–Trinajstić information content (AvgIpc) is 2.61. The van der Waals surface area contributed by atoms with Crippen LogP contribution in [0.3, 0.4) is 0 Å². The molecule has 0 spiro atoms. The normalized spacial score (nSPS) is 10.0. The molecule has 0 aliphatic heterocycles. The summed E-state index contributed by atoms with van der Waals surface area (Å²) in [5.74, 6) is 1.42. The number of carbonyl (C=O) groups excluding carboxylic acids is 1. The smallest absolute Gasteiger partial charge is 0.259 e. The van der Waals surface area contributed by atoms with Gasteiger partial charge in [0, 0.05) is 12.1 Å². The van der Waals surface area contributed by atoms with Crippen molar-refractivity contribution in [2.45, 2.75) is 0 Å². The molecule has 7 heteroatoms. The lowest BCUT2D eigenvalue weighted by molar-refractivity contribution is 0.102. The molecule has 2 aromatic rings. The molecule has 0 atom stereocenters. The molecule has 1 N–H and O–H groups in total. The van der Waals surface area contributed by atoms with Crippen molar-refractivity contribution >= 4 is 23.2 Å². The fraction of sp³-hybridized carbons (Fsp3) is 0.235. The van der Waals surface area contributed by atoms with E-state index in [0.717, 1.165) is 0 Å². The van der Waals surface area contributed by atoms with Crippen LogP contribution < -0.4 is 24.3 Å². The maximum atomic E-state index is 12.6. The highest BCUT2D eigenvalue weighted by molar-refractivity contribution is 6.32. The Labute approximate surface area is 145 Å². The minimum atomic E-state index is -0.381. The molecule has 0 saturated heterocycles. The van der Waals surface area contributed by atoms with Crippen LogP contribution in [-0.4, -0.2) is 34.3 Å². The van der Waals surface area contributed by atoms with E-state index in [1.807, 2.05) is 0 Å². The zero-order valence-electron chi connectivity index (χ0n) is 13.8. The van der Waals surface area contributed by atoms with Crippen molar-refractivity contribution in [1.82, 2.24) is 0 Å². The third kappa shape index (κ3) is 3.65. The molecule has 128 valence electrons. The van der Waals surface area contributed by atoms with Crippen LogP contribution in [0.1, 0.15) is 10.4 Å². The van der Waals surface area contributed by atoms with Crippen LogP contribution in [0.15, 0.2) is 30.3 Å². The summed E-state index contributed by atoms with van der Waals surface area (Å²) < 4.78 is 20.8. The van der Waals surface area contributed by atoms with Gasteiger partial charge in [0.1, 0.15) is 23.0 Å². The molecule has 0 saturated carbocycles. The number of halogens is 1. The Morgan fingerprint density at radius 1 is 0.875 bits per heavy atom. The molecular weight excluding hydrogens is 334 g/mol. The van der Waals surface area contributed by atoms with E-state index in [1.54, 1.807) is 30.3 Å². The van der Waals surface area contributed by atoms with Gasteiger partial charge in [-0.05, 0) is 18.2 Å². The molecule has 0 heterocycles. The highest BCUT2D eigenvalue weighted by Gasteiger charge is 2.17. The molecule has 0 fully saturated rings. The van der Waals surface area contributed by atoms with E-state index in [-0.39, 0.29) is 5.91 Å². The number of carbonyl (C=O) groups is 1. The van der Waals surface area contributed by atoms with Crippen molar-refractivity contribution in [2.24, 2.45) is 0 Å². The van der Waals surface area contributed by atoms with E-state index >= 15 is 0 Å². The minimum absolute atomic E-state index is 0.327. The lowest BCUT2D eigenvalue weighted by Crippen LogP contribution is -2.14. The van der Waals surface area contributed by atoms with Gasteiger partial charge in [-0.25, -0.2) is 0 Å². The second-order valence-corrected chi connectivity index (χ2v) is 5.11. The summed E-state index contributed by atoms with van der Waals surface area (Å²) in [5.41, 5.74) is 0.751. The Kier molecular flexibility index (Phi) is 5.76. The van der Waals surface area contributed by atoms with Gasteiger partial charge >= 0.3 is 0 Å². The maximum Gasteiger partial charge on any atom is 0.259 e. The first kappa shape index (κ1) is 17.7. The zero-order valence-corrected chi connectivity index (χ0v) is 14.6. The van der Waals surface area contributed by atoms with Crippen LogP contribution >= 0.6 is 11.6 Å². The van der Waals surface area contributed by atoms with E-state index in [9.17, 15) is 4.79 Å². The first-order valence-corrected chi connectivity index (χ1v) is 7.36. The summed E-state index contributed by atoms with van der Waals surface area (Å²) in [6, 6.07) is 8.12. The van der Waals surface area contributed by atoms with Crippen LogP contribution in [-0.2, 0) is 0 Å². The first-order valence-electron chi connectivity index (χ1n) is 6.99. The fourth-order valence-corrected chi connectivity index (χ4v) is 2.37. The van der Waals surface area contributed by atoms with Crippen molar-refractivity contribution in [2.75, 3.05) is 33.8 Å². The summed E-state index contributed by atoms with van der Waals surface area (Å²) in [4.78, 5) is 12.6. The predicted octanol–water partition coefficient (Wildman–Crippen LogP) is 3.63. The standard InChI is InChI=1S/C17H18ClNO5/c1-21-10-5-6-14(22-2)11(7-10)17(20)19-13-9-15(23-3)12(18)8-16(13)24-4/h5-9H,1-4H3,(H,19,20). The van der Waals surface area contributed by atoms with E-state index in [2.05, 4.69) is 5.32 Å². The summed E-state index contributed by atoms with van der Waals surface area (Å²) in [5, 5.41) is 3.15. The van der Waals surface area contributed by atoms with Gasteiger partial charge in [0.25, 0.3) is 5.91 Å². The number of nitrogens with one attached hydrogen (secondary N) is 1. The van der Waals surface area contributed by atoms with Gasteiger partial charge < -0.3 is 24.3 Å². The molecule has 0 radical (unpaired) electrons. The molecule has 0 aliphatic carbocycles. The van der Waals surface area contributed by atoms with Gasteiger partial charge in [-0.15, -0.1) is 0 Å². The molecular formula is C17H18ClNO5. The van der Waals surface area contributed by atoms with Crippen LogP contribution in [0.25, 0.3) is 0 Å². The summed E-state index contributed by atoms with van der Waals surface area (Å²) in [6.45, 7) is 0. The Morgan fingerprint density at radius 3 is 2.12 bits per heavy atom. The second kappa shape index (κ2) is 7.79. The van der Waals surface area contributed by atoms with Gasteiger partial charge in [0.05, 0.1) is 44.7 Å². The van der Waals surface area contributed by atoms with E-state index < -0.39 is 0 Å². The van der Waals surface area contributed by atoms with Crippen molar-refractivity contribution in [3.05, 3.63) is 40.9 Å². The molecule has 2 aromatic carbocycles. The van der Waals surface area contributed by atoms with Crippen molar-refractivity contribution in [3.8, 4) is 23.0 Å². The third-order valence-electron chi connectivity index (χ3n) is 3.37. The monoisotopic (exact) mass is 351 g/mol. The second-order valence-electron chi connectivity index (χ2n) is 4.71. The summed E-state index contributed by atoms with van der Waals surface area (Å²) in [6.07, 6.45) is 0. The molecule has 0 bridgehead atoms. The lowest BCUT2D eigenvalue weighted by atomic mass is 10.1. The molecule has 6 nitrogen and oxygen atoms in total. The van der Waals surface area contributed by atoms with Gasteiger partial charge in [-0.1, -0.05) is 11.6 Å². The molecule has 1 amide bonds. The topological polar surface area (TPSA) is 66.0 Å². The lowest BCUT2D eigenvalue weighted by Gasteiger charge is -2.14. The van der Waals surface area contributed by atoms with Crippen molar-refractivity contribution in [3.63, 3.8) is 0 Å². The number of methoxy groups -OCH3 is 4. The zero-order chi connectivity index (χ0) is 17.7. The Balaban J connectivity index is 2.39. The minimum Gasteiger partial charge on any atom is -0.497 e. The fourth-order valence-electron chi connectivity index (χ4n) is 2.14. The number of hydrogen-bond acceptors (Lipinski definition) is 5. The van der Waals surface area contributed by atoms with Gasteiger partial charge in [0.2, 0.25) is 0 Å². The predicted molar refractivity (Wildman–Crippen MR) is 92.1 cm³/mol. The van der Waals surface area contributed by atoms with E-state index in [4.69, 9.17) is 30.5 Å². The molecule has 0 aromatic heterocycles. The Hall–Kier alpha value is -2.60. The Morgan fingerprint density at radius 2 is 1.54 bits per heavy atom. The highest BCUT2D eigenvalue weighted by atomic mass is 35.5. The van der Waals surface area contributed by atoms with Gasteiger partial charge in [-0.2, -0.15) is 0 Å². The summed E-state index contributed by atoms with van der Waals surface area (Å²) >= 11 is 6.07. The summed E-state index contributed by atoms with van der Waals surface area (Å²) in [7, 11) is 5.99. The quantitative estimate of drug-likeness (QED) is 0.860. The number of amides is 1. The SMILES string of the molecule is COc1ccc(OC)c(C(=O)Nc2cc(OC)c(Cl)cc2OC)c1. The van der Waals surface area contributed by atoms with Crippen molar-refractivity contribution < 1.29 is 23.7 Å². The Bertz CT molecular complexity index is 748. The van der Waals surface area contributed by atoms with Crippen molar-refractivity contribution in [1.29, 1.82) is 0 Å². The number of anilines is 1. The highest BCUT2D eigenvalue weighted by Crippen LogP contribution is 2.36. The van der Waals surface area contributed by atoms with Gasteiger partial charge in [0.15, 0.2) is 0 Å². The van der Waals surface area contributed by atoms with E-state index in [0.29, 0.717) is 39.3 Å². The van der Waals surface area contributed by atoms with Crippen LogP contribution in [0.2, 0.25) is 5.02 Å². The average molecular weight is 352 g/mol. The molecule has 0 aliphatic rings. The number of benzene rings is 2. The van der Waals surface area contributed by atoms with Gasteiger partial charge in [-0.3, -0.25) is 4.79 Å². The van der Waals surface area contributed by atoms with Crippen LogP contribution in [0.4, 0.5) is 5.69 Å². The first-order chi connectivity index (χ1) is 11.5. The molecule has 0 unspecified atom stereocenters. The number of hydrogen-bond donors (Lipinski definition) is 1.